The normalized spacial score (nSPS) is 13.9. The van der Waals surface area contributed by atoms with E-state index in [1.807, 2.05) is 68.4 Å². The van der Waals surface area contributed by atoms with Gasteiger partial charge in [-0.2, -0.15) is 13.2 Å². The number of pyridine rings is 1. The predicted molar refractivity (Wildman–Crippen MR) is 158 cm³/mol. The Morgan fingerprint density at radius 3 is 2.07 bits per heavy atom. The van der Waals surface area contributed by atoms with Crippen molar-refractivity contribution in [2.75, 3.05) is 11.9 Å². The first kappa shape index (κ1) is 28.2. The molecule has 3 aromatic carbocycles. The van der Waals surface area contributed by atoms with Crippen molar-refractivity contribution in [2.24, 2.45) is 0 Å². The van der Waals surface area contributed by atoms with Crippen LogP contribution in [0.4, 0.5) is 24.5 Å². The molecule has 2 aromatic heterocycles. The largest absolute Gasteiger partial charge is 0.465 e. The van der Waals surface area contributed by atoms with E-state index in [9.17, 15) is 18.0 Å². The Hall–Kier alpha value is -4.92. The molecule has 9 heteroatoms. The van der Waals surface area contributed by atoms with Gasteiger partial charge < -0.3 is 14.6 Å². The van der Waals surface area contributed by atoms with E-state index in [1.54, 1.807) is 12.4 Å². The van der Waals surface area contributed by atoms with Gasteiger partial charge in [-0.25, -0.2) is 0 Å². The third kappa shape index (κ3) is 5.62. The monoisotopic (exact) mass is 583 g/mol. The zero-order chi connectivity index (χ0) is 30.2. The van der Waals surface area contributed by atoms with Crippen LogP contribution >= 0.6 is 0 Å². The molecule has 218 valence electrons. The van der Waals surface area contributed by atoms with Gasteiger partial charge in [0.1, 0.15) is 11.4 Å². The molecule has 0 bridgehead atoms. The minimum atomic E-state index is -4.39. The van der Waals surface area contributed by atoms with E-state index in [0.29, 0.717) is 40.6 Å². The number of aromatic nitrogens is 2. The van der Waals surface area contributed by atoms with E-state index in [-0.39, 0.29) is 5.97 Å². The van der Waals surface area contributed by atoms with Gasteiger partial charge in [0, 0.05) is 17.3 Å². The summed E-state index contributed by atoms with van der Waals surface area (Å²) in [5.41, 5.74) is 5.85. The molecule has 1 N–H and O–H groups in total. The van der Waals surface area contributed by atoms with Crippen molar-refractivity contribution < 1.29 is 27.2 Å². The molecule has 1 saturated carbocycles. The lowest BCUT2D eigenvalue weighted by atomic mass is 9.93. The Bertz CT molecular complexity index is 1760. The average Bonchev–Trinajstić information content (AvgIpc) is 3.76. The van der Waals surface area contributed by atoms with Crippen LogP contribution in [0.5, 0.6) is 0 Å². The summed E-state index contributed by atoms with van der Waals surface area (Å²) in [5, 5.41) is 7.47. The second kappa shape index (κ2) is 11.1. The van der Waals surface area contributed by atoms with E-state index >= 15 is 0 Å². The Morgan fingerprint density at radius 2 is 1.47 bits per heavy atom. The van der Waals surface area contributed by atoms with Crippen LogP contribution in [-0.2, 0) is 21.1 Å². The fraction of sp³-hybridized carbons (Fsp3) is 0.206. The number of alkyl halides is 3. The lowest BCUT2D eigenvalue weighted by molar-refractivity contribution is -0.146. The maximum Gasteiger partial charge on any atom is 0.416 e. The van der Waals surface area contributed by atoms with Crippen LogP contribution in [0.1, 0.15) is 36.6 Å². The SMILES string of the molecule is CCOC(=O)C1(c2ccc(-c3ccc(-c4onc(C)c4Nc4cncc(-c5ccc(C(F)(F)F)cc5)c4)cc3)cc2)CC1. The molecule has 0 saturated heterocycles. The maximum atomic E-state index is 13.0. The van der Waals surface area contributed by atoms with Gasteiger partial charge in [0.25, 0.3) is 0 Å². The predicted octanol–water partition coefficient (Wildman–Crippen LogP) is 8.74. The first-order chi connectivity index (χ1) is 20.7. The van der Waals surface area contributed by atoms with Gasteiger partial charge in [-0.1, -0.05) is 65.8 Å². The molecular weight excluding hydrogens is 555 g/mol. The minimum absolute atomic E-state index is 0.152. The van der Waals surface area contributed by atoms with Crippen LogP contribution < -0.4 is 5.32 Å². The standard InChI is InChI=1S/C34H28F3N3O3/c1-3-42-32(41)33(16-17-33)27-12-8-23(9-13-27)22-4-6-25(7-5-22)31-30(21(2)40-43-31)39-29-18-26(19-38-20-29)24-10-14-28(15-11-24)34(35,36)37/h4-15,18-20,39H,3,16-17H2,1-2H3. The van der Waals surface area contributed by atoms with E-state index in [4.69, 9.17) is 9.26 Å². The third-order valence-electron chi connectivity index (χ3n) is 7.75. The fourth-order valence-electron chi connectivity index (χ4n) is 5.18. The Labute approximate surface area is 246 Å². The highest BCUT2D eigenvalue weighted by atomic mass is 19.4. The van der Waals surface area contributed by atoms with Gasteiger partial charge in [-0.15, -0.1) is 0 Å². The molecule has 0 unspecified atom stereocenters. The van der Waals surface area contributed by atoms with Crippen LogP contribution in [0.15, 0.2) is 95.8 Å². The van der Waals surface area contributed by atoms with Crippen molar-refractivity contribution in [2.45, 2.75) is 38.3 Å². The topological polar surface area (TPSA) is 77.2 Å². The number of rotatable bonds is 8. The number of carbonyl (C=O) groups is 1. The maximum absolute atomic E-state index is 13.0. The molecule has 0 atom stereocenters. The summed E-state index contributed by atoms with van der Waals surface area (Å²) < 4.78 is 49.9. The number of aryl methyl sites for hydroxylation is 1. The lowest BCUT2D eigenvalue weighted by Crippen LogP contribution is -2.23. The van der Waals surface area contributed by atoms with Crippen molar-refractivity contribution in [1.82, 2.24) is 10.1 Å². The molecule has 1 fully saturated rings. The average molecular weight is 584 g/mol. The Balaban J connectivity index is 1.20. The molecule has 6 nitrogen and oxygen atoms in total. The van der Waals surface area contributed by atoms with Crippen LogP contribution in [0, 0.1) is 6.92 Å². The summed E-state index contributed by atoms with van der Waals surface area (Å²) in [6.07, 6.45) is 0.451. The summed E-state index contributed by atoms with van der Waals surface area (Å²) in [4.78, 5) is 16.7. The van der Waals surface area contributed by atoms with Crippen LogP contribution in [-0.4, -0.2) is 22.7 Å². The molecule has 5 aromatic rings. The number of hydrogen-bond donors (Lipinski definition) is 1. The molecule has 6 rings (SSSR count). The van der Waals surface area contributed by atoms with Crippen molar-refractivity contribution in [3.05, 3.63) is 108 Å². The van der Waals surface area contributed by atoms with Gasteiger partial charge in [-0.05, 0) is 67.1 Å². The fourth-order valence-corrected chi connectivity index (χ4v) is 5.18. The highest BCUT2D eigenvalue weighted by Gasteiger charge is 2.52. The van der Waals surface area contributed by atoms with Crippen molar-refractivity contribution in [3.8, 4) is 33.6 Å². The molecule has 43 heavy (non-hydrogen) atoms. The van der Waals surface area contributed by atoms with Gasteiger partial charge in [0.15, 0.2) is 5.76 Å². The number of carbonyl (C=O) groups excluding carboxylic acids is 1. The van der Waals surface area contributed by atoms with E-state index in [1.165, 1.54) is 12.1 Å². The molecule has 1 aliphatic rings. The second-order valence-electron chi connectivity index (χ2n) is 10.6. The van der Waals surface area contributed by atoms with Crippen LogP contribution in [0.2, 0.25) is 0 Å². The first-order valence-electron chi connectivity index (χ1n) is 13.9. The van der Waals surface area contributed by atoms with Crippen molar-refractivity contribution in [3.63, 3.8) is 0 Å². The number of halogens is 3. The molecule has 0 aliphatic heterocycles. The van der Waals surface area contributed by atoms with Crippen LogP contribution in [0.25, 0.3) is 33.6 Å². The number of hydrogen-bond acceptors (Lipinski definition) is 6. The number of ether oxygens (including phenoxy) is 1. The Morgan fingerprint density at radius 1 is 0.884 bits per heavy atom. The summed E-state index contributed by atoms with van der Waals surface area (Å²) in [6.45, 7) is 4.02. The zero-order valence-corrected chi connectivity index (χ0v) is 23.5. The number of benzene rings is 3. The molecule has 1 aliphatic carbocycles. The summed E-state index contributed by atoms with van der Waals surface area (Å²) in [5.74, 6) is 0.394. The van der Waals surface area contributed by atoms with E-state index in [2.05, 4.69) is 15.5 Å². The second-order valence-corrected chi connectivity index (χ2v) is 10.6. The van der Waals surface area contributed by atoms with E-state index in [0.717, 1.165) is 47.2 Å². The van der Waals surface area contributed by atoms with Crippen molar-refractivity contribution in [1.29, 1.82) is 0 Å². The zero-order valence-electron chi connectivity index (χ0n) is 23.5. The first-order valence-corrected chi connectivity index (χ1v) is 13.9. The summed E-state index contributed by atoms with van der Waals surface area (Å²) in [6, 6.07) is 22.7. The van der Waals surface area contributed by atoms with Crippen LogP contribution in [0.3, 0.4) is 0 Å². The number of nitrogens with one attached hydrogen (secondary N) is 1. The smallest absolute Gasteiger partial charge is 0.416 e. The molecular formula is C34H28F3N3O3. The quantitative estimate of drug-likeness (QED) is 0.184. The van der Waals surface area contributed by atoms with E-state index < -0.39 is 17.2 Å². The third-order valence-corrected chi connectivity index (χ3v) is 7.75. The number of esters is 1. The Kier molecular flexibility index (Phi) is 7.25. The molecule has 0 amide bonds. The van der Waals surface area contributed by atoms with Gasteiger partial charge in [-0.3, -0.25) is 9.78 Å². The molecule has 0 radical (unpaired) electrons. The number of nitrogens with zero attached hydrogens (tertiary/aromatic N) is 2. The van der Waals surface area contributed by atoms with Crippen molar-refractivity contribution >= 4 is 17.3 Å². The van der Waals surface area contributed by atoms with Gasteiger partial charge in [0.2, 0.25) is 0 Å². The molecule has 0 spiro atoms. The summed E-state index contributed by atoms with van der Waals surface area (Å²) >= 11 is 0. The molecule has 2 heterocycles. The number of anilines is 2. The highest BCUT2D eigenvalue weighted by Crippen LogP contribution is 2.49. The lowest BCUT2D eigenvalue weighted by Gasteiger charge is -2.14. The highest BCUT2D eigenvalue weighted by molar-refractivity contribution is 5.87. The summed E-state index contributed by atoms with van der Waals surface area (Å²) in [7, 11) is 0. The van der Waals surface area contributed by atoms with Gasteiger partial charge >= 0.3 is 12.1 Å². The minimum Gasteiger partial charge on any atom is -0.465 e. The van der Waals surface area contributed by atoms with Gasteiger partial charge in [0.05, 0.1) is 29.5 Å².